The molecule has 1 atom stereocenters. The van der Waals surface area contributed by atoms with Gasteiger partial charge in [0.25, 0.3) is 11.7 Å². The molecule has 1 aliphatic heterocycles. The second-order valence-corrected chi connectivity index (χ2v) is 6.88. The highest BCUT2D eigenvalue weighted by Crippen LogP contribution is 2.42. The SMILES string of the molecule is O=C1C(=O)N(c2ccc(Cl)cc2)C(c2cccnc2)/C1=C(/O)c1ccc(F)cc1. The lowest BCUT2D eigenvalue weighted by Gasteiger charge is -2.25. The zero-order chi connectivity index (χ0) is 20.5. The van der Waals surface area contributed by atoms with Crippen molar-refractivity contribution in [2.75, 3.05) is 4.90 Å². The molecule has 7 heteroatoms. The minimum absolute atomic E-state index is 0.0930. The number of hydrogen-bond donors (Lipinski definition) is 1. The molecule has 29 heavy (non-hydrogen) atoms. The third-order valence-corrected chi connectivity index (χ3v) is 4.92. The molecule has 0 spiro atoms. The Bertz CT molecular complexity index is 1110. The number of hydrogen-bond acceptors (Lipinski definition) is 4. The maximum atomic E-state index is 13.3. The molecule has 2 aromatic carbocycles. The van der Waals surface area contributed by atoms with Crippen LogP contribution in [0.1, 0.15) is 17.2 Å². The largest absolute Gasteiger partial charge is 0.507 e. The number of carbonyl (C=O) groups is 2. The number of aliphatic hydroxyl groups excluding tert-OH is 1. The Morgan fingerprint density at radius 1 is 1.03 bits per heavy atom. The highest BCUT2D eigenvalue weighted by molar-refractivity contribution is 6.51. The fraction of sp³-hybridized carbons (Fsp3) is 0.0455. The summed E-state index contributed by atoms with van der Waals surface area (Å²) in [5.74, 6) is -2.49. The smallest absolute Gasteiger partial charge is 0.300 e. The Labute approximate surface area is 170 Å². The molecule has 1 aliphatic rings. The van der Waals surface area contributed by atoms with Crippen LogP contribution in [0, 0.1) is 5.82 Å². The third-order valence-electron chi connectivity index (χ3n) is 4.67. The van der Waals surface area contributed by atoms with Crippen molar-refractivity contribution in [3.8, 4) is 0 Å². The Kier molecular flexibility index (Phi) is 4.86. The first kappa shape index (κ1) is 18.8. The van der Waals surface area contributed by atoms with Crippen LogP contribution in [0.3, 0.4) is 0 Å². The van der Waals surface area contributed by atoms with Crippen LogP contribution in [-0.2, 0) is 9.59 Å². The number of aromatic nitrogens is 1. The number of nitrogens with zero attached hydrogens (tertiary/aromatic N) is 2. The number of Topliss-reactive ketones (excluding diaryl/α,β-unsaturated/α-hetero) is 1. The molecule has 0 bridgehead atoms. The summed E-state index contributed by atoms with van der Waals surface area (Å²) >= 11 is 5.95. The normalized spacial score (nSPS) is 18.3. The molecule has 0 aliphatic carbocycles. The van der Waals surface area contributed by atoms with Gasteiger partial charge >= 0.3 is 0 Å². The molecular formula is C22H14ClFN2O3. The van der Waals surface area contributed by atoms with Crippen LogP contribution in [0.15, 0.2) is 78.6 Å². The minimum atomic E-state index is -0.894. The molecule has 144 valence electrons. The lowest BCUT2D eigenvalue weighted by atomic mass is 9.96. The van der Waals surface area contributed by atoms with Crippen LogP contribution < -0.4 is 4.90 Å². The van der Waals surface area contributed by atoms with Crippen molar-refractivity contribution in [3.05, 3.63) is 101 Å². The van der Waals surface area contributed by atoms with Gasteiger partial charge in [-0.15, -0.1) is 0 Å². The van der Waals surface area contributed by atoms with E-state index in [1.807, 2.05) is 0 Å². The number of amides is 1. The van der Waals surface area contributed by atoms with E-state index in [2.05, 4.69) is 4.98 Å². The van der Waals surface area contributed by atoms with E-state index in [4.69, 9.17) is 11.6 Å². The van der Waals surface area contributed by atoms with Gasteiger partial charge in [-0.3, -0.25) is 19.5 Å². The summed E-state index contributed by atoms with van der Waals surface area (Å²) in [4.78, 5) is 31.2. The van der Waals surface area contributed by atoms with Gasteiger partial charge in [0.15, 0.2) is 0 Å². The summed E-state index contributed by atoms with van der Waals surface area (Å²) in [7, 11) is 0. The number of rotatable bonds is 3. The Hall–Kier alpha value is -3.51. The van der Waals surface area contributed by atoms with E-state index in [-0.39, 0.29) is 16.9 Å². The van der Waals surface area contributed by atoms with Crippen LogP contribution in [0.25, 0.3) is 5.76 Å². The molecule has 0 radical (unpaired) electrons. The number of benzene rings is 2. The monoisotopic (exact) mass is 408 g/mol. The lowest BCUT2D eigenvalue weighted by Crippen LogP contribution is -2.29. The zero-order valence-electron chi connectivity index (χ0n) is 14.9. The number of pyridine rings is 1. The van der Waals surface area contributed by atoms with Gasteiger partial charge in [-0.05, 0) is 60.2 Å². The van der Waals surface area contributed by atoms with Crippen molar-refractivity contribution in [1.82, 2.24) is 4.98 Å². The lowest BCUT2D eigenvalue weighted by molar-refractivity contribution is -0.132. The molecular weight excluding hydrogens is 395 g/mol. The van der Waals surface area contributed by atoms with Crippen molar-refractivity contribution in [1.29, 1.82) is 0 Å². The fourth-order valence-corrected chi connectivity index (χ4v) is 3.44. The van der Waals surface area contributed by atoms with Crippen LogP contribution in [0.2, 0.25) is 5.02 Å². The molecule has 3 aromatic rings. The summed E-state index contributed by atoms with van der Waals surface area (Å²) in [6.45, 7) is 0. The number of anilines is 1. The quantitative estimate of drug-likeness (QED) is 0.393. The number of halogens is 2. The van der Waals surface area contributed by atoms with Crippen LogP contribution in [0.4, 0.5) is 10.1 Å². The average Bonchev–Trinajstić information content (AvgIpc) is 3.00. The third kappa shape index (κ3) is 3.39. The summed E-state index contributed by atoms with van der Waals surface area (Å²) in [6.07, 6.45) is 3.09. The van der Waals surface area contributed by atoms with E-state index in [0.717, 1.165) is 0 Å². The summed E-state index contributed by atoms with van der Waals surface area (Å²) in [6, 6.07) is 14.0. The van der Waals surface area contributed by atoms with Gasteiger partial charge in [-0.25, -0.2) is 4.39 Å². The Balaban J connectivity index is 1.93. The standard InChI is InChI=1S/C22H14ClFN2O3/c23-15-5-9-17(10-6-15)26-19(14-2-1-11-25-12-14)18(21(28)22(26)29)20(27)13-3-7-16(24)8-4-13/h1-12,19,27H/b20-18-. The van der Waals surface area contributed by atoms with Gasteiger partial charge in [0, 0.05) is 28.7 Å². The average molecular weight is 409 g/mol. The number of ketones is 1. The van der Waals surface area contributed by atoms with Gasteiger partial charge in [-0.2, -0.15) is 0 Å². The van der Waals surface area contributed by atoms with E-state index >= 15 is 0 Å². The first-order chi connectivity index (χ1) is 14.0. The predicted octanol–water partition coefficient (Wildman–Crippen LogP) is 4.50. The minimum Gasteiger partial charge on any atom is -0.507 e. The molecule has 1 amide bonds. The van der Waals surface area contributed by atoms with Gasteiger partial charge in [-0.1, -0.05) is 17.7 Å². The first-order valence-electron chi connectivity index (χ1n) is 8.70. The molecule has 1 fully saturated rings. The highest BCUT2D eigenvalue weighted by Gasteiger charge is 2.47. The van der Waals surface area contributed by atoms with Crippen LogP contribution in [0.5, 0.6) is 0 Å². The second kappa shape index (κ2) is 7.48. The van der Waals surface area contributed by atoms with Crippen LogP contribution >= 0.6 is 11.6 Å². The fourth-order valence-electron chi connectivity index (χ4n) is 3.32. The molecule has 1 aromatic heterocycles. The van der Waals surface area contributed by atoms with Gasteiger partial charge in [0.2, 0.25) is 0 Å². The van der Waals surface area contributed by atoms with E-state index in [1.165, 1.54) is 35.4 Å². The molecule has 5 nitrogen and oxygen atoms in total. The summed E-state index contributed by atoms with van der Waals surface area (Å²) in [5, 5.41) is 11.3. The Morgan fingerprint density at radius 3 is 2.34 bits per heavy atom. The molecule has 1 saturated heterocycles. The predicted molar refractivity (Wildman–Crippen MR) is 107 cm³/mol. The van der Waals surface area contributed by atoms with Crippen molar-refractivity contribution >= 4 is 34.7 Å². The van der Waals surface area contributed by atoms with E-state index in [1.54, 1.807) is 42.6 Å². The van der Waals surface area contributed by atoms with E-state index in [9.17, 15) is 19.1 Å². The van der Waals surface area contributed by atoms with E-state index < -0.39 is 23.5 Å². The molecule has 0 saturated carbocycles. The van der Waals surface area contributed by atoms with Crippen molar-refractivity contribution < 1.29 is 19.1 Å². The molecule has 2 heterocycles. The highest BCUT2D eigenvalue weighted by atomic mass is 35.5. The molecule has 1 unspecified atom stereocenters. The van der Waals surface area contributed by atoms with Crippen molar-refractivity contribution in [2.45, 2.75) is 6.04 Å². The van der Waals surface area contributed by atoms with Crippen molar-refractivity contribution in [3.63, 3.8) is 0 Å². The number of aliphatic hydroxyl groups is 1. The van der Waals surface area contributed by atoms with Gasteiger partial charge in [0.05, 0.1) is 11.6 Å². The number of carbonyl (C=O) groups excluding carboxylic acids is 2. The van der Waals surface area contributed by atoms with Gasteiger partial charge in [0.1, 0.15) is 11.6 Å². The second-order valence-electron chi connectivity index (χ2n) is 6.44. The zero-order valence-corrected chi connectivity index (χ0v) is 15.7. The first-order valence-corrected chi connectivity index (χ1v) is 9.07. The summed E-state index contributed by atoms with van der Waals surface area (Å²) in [5.41, 5.74) is 1.13. The topological polar surface area (TPSA) is 70.5 Å². The summed E-state index contributed by atoms with van der Waals surface area (Å²) < 4.78 is 13.3. The maximum Gasteiger partial charge on any atom is 0.300 e. The van der Waals surface area contributed by atoms with Crippen LogP contribution in [-0.4, -0.2) is 21.8 Å². The van der Waals surface area contributed by atoms with Gasteiger partial charge < -0.3 is 5.11 Å². The van der Waals surface area contributed by atoms with E-state index in [0.29, 0.717) is 16.3 Å². The van der Waals surface area contributed by atoms with Crippen molar-refractivity contribution in [2.24, 2.45) is 0 Å². The molecule has 1 N–H and O–H groups in total. The maximum absolute atomic E-state index is 13.3. The Morgan fingerprint density at radius 2 is 1.72 bits per heavy atom. The molecule has 4 rings (SSSR count).